The summed E-state index contributed by atoms with van der Waals surface area (Å²) in [4.78, 5) is 13.9. The molecule has 1 aliphatic rings. The van der Waals surface area contributed by atoms with Crippen LogP contribution in [0.15, 0.2) is 12.7 Å². The summed E-state index contributed by atoms with van der Waals surface area (Å²) >= 11 is 0. The summed E-state index contributed by atoms with van der Waals surface area (Å²) in [6, 6.07) is 0.286. The summed E-state index contributed by atoms with van der Waals surface area (Å²) in [6.07, 6.45) is 4.61. The summed E-state index contributed by atoms with van der Waals surface area (Å²) in [5.74, 6) is 0.820. The Bertz CT molecular complexity index is 232. The molecule has 92 valence electrons. The van der Waals surface area contributed by atoms with Crippen molar-refractivity contribution >= 4 is 5.91 Å². The lowest BCUT2D eigenvalue weighted by atomic mass is 9.98. The molecule has 1 N–H and O–H groups in total. The van der Waals surface area contributed by atoms with Crippen molar-refractivity contribution in [1.82, 2.24) is 10.2 Å². The molecular weight excluding hydrogens is 200 g/mol. The average molecular weight is 224 g/mol. The van der Waals surface area contributed by atoms with Crippen molar-refractivity contribution < 1.29 is 4.79 Å². The Kier molecular flexibility index (Phi) is 5.53. The van der Waals surface area contributed by atoms with E-state index in [1.165, 1.54) is 12.8 Å². The Labute approximate surface area is 98.9 Å². The van der Waals surface area contributed by atoms with Crippen LogP contribution in [-0.2, 0) is 4.79 Å². The zero-order chi connectivity index (χ0) is 12.0. The minimum atomic E-state index is 0.204. The second-order valence-corrected chi connectivity index (χ2v) is 4.85. The third kappa shape index (κ3) is 3.97. The van der Waals surface area contributed by atoms with Crippen LogP contribution < -0.4 is 5.32 Å². The van der Waals surface area contributed by atoms with Crippen LogP contribution in [0.2, 0.25) is 0 Å². The van der Waals surface area contributed by atoms with Crippen LogP contribution in [-0.4, -0.2) is 36.5 Å². The highest BCUT2D eigenvalue weighted by Crippen LogP contribution is 2.14. The van der Waals surface area contributed by atoms with E-state index in [1.54, 1.807) is 6.08 Å². The summed E-state index contributed by atoms with van der Waals surface area (Å²) in [7, 11) is 0. The lowest BCUT2D eigenvalue weighted by Crippen LogP contribution is -2.44. The van der Waals surface area contributed by atoms with Gasteiger partial charge in [-0.05, 0) is 45.7 Å². The highest BCUT2D eigenvalue weighted by molar-refractivity contribution is 5.77. The number of hydrogen-bond donors (Lipinski definition) is 1. The zero-order valence-electron chi connectivity index (χ0n) is 10.5. The lowest BCUT2D eigenvalue weighted by molar-refractivity contribution is -0.132. The number of nitrogens with zero attached hydrogens (tertiary/aromatic N) is 1. The third-order valence-electron chi connectivity index (χ3n) is 3.12. The molecule has 3 nitrogen and oxygen atoms in total. The highest BCUT2D eigenvalue weighted by atomic mass is 16.2. The summed E-state index contributed by atoms with van der Waals surface area (Å²) in [6.45, 7) is 10.8. The molecule has 16 heavy (non-hydrogen) atoms. The first-order valence-corrected chi connectivity index (χ1v) is 6.26. The predicted octanol–water partition coefficient (Wildman–Crippen LogP) is 1.80. The second-order valence-electron chi connectivity index (χ2n) is 4.85. The van der Waals surface area contributed by atoms with Gasteiger partial charge in [-0.15, -0.1) is 6.58 Å². The van der Waals surface area contributed by atoms with Gasteiger partial charge < -0.3 is 10.2 Å². The van der Waals surface area contributed by atoms with Gasteiger partial charge in [0.25, 0.3) is 0 Å². The molecule has 1 fully saturated rings. The molecule has 1 atom stereocenters. The van der Waals surface area contributed by atoms with Gasteiger partial charge in [0.05, 0.1) is 0 Å². The van der Waals surface area contributed by atoms with E-state index in [1.807, 2.05) is 4.90 Å². The minimum Gasteiger partial charge on any atom is -0.340 e. The number of piperidine rings is 1. The Balaban J connectivity index is 2.49. The molecule has 3 heteroatoms. The standard InChI is InChI=1S/C13H24N2O/c1-4-6-13(16)15(11(2)3)10-12-7-5-8-14-9-12/h4,11-12,14H,1,5-10H2,2-3H3. The van der Waals surface area contributed by atoms with Gasteiger partial charge in [-0.1, -0.05) is 6.08 Å². The molecule has 1 heterocycles. The lowest BCUT2D eigenvalue weighted by Gasteiger charge is -2.32. The molecule has 0 spiro atoms. The van der Waals surface area contributed by atoms with Gasteiger partial charge in [0.2, 0.25) is 5.91 Å². The topological polar surface area (TPSA) is 32.3 Å². The third-order valence-corrected chi connectivity index (χ3v) is 3.12. The predicted molar refractivity (Wildman–Crippen MR) is 67.3 cm³/mol. The van der Waals surface area contributed by atoms with Crippen molar-refractivity contribution in [2.24, 2.45) is 5.92 Å². The Morgan fingerprint density at radius 2 is 2.38 bits per heavy atom. The number of nitrogens with one attached hydrogen (secondary N) is 1. The number of amides is 1. The fourth-order valence-corrected chi connectivity index (χ4v) is 2.20. The van der Waals surface area contributed by atoms with Crippen LogP contribution in [0.4, 0.5) is 0 Å². The van der Waals surface area contributed by atoms with Crippen LogP contribution in [0.5, 0.6) is 0 Å². The fourth-order valence-electron chi connectivity index (χ4n) is 2.20. The van der Waals surface area contributed by atoms with Gasteiger partial charge in [-0.2, -0.15) is 0 Å². The minimum absolute atomic E-state index is 0.204. The SMILES string of the molecule is C=CCC(=O)N(CC1CCCNC1)C(C)C. The van der Waals surface area contributed by atoms with Crippen LogP contribution >= 0.6 is 0 Å². The Morgan fingerprint density at radius 3 is 2.88 bits per heavy atom. The van der Waals surface area contributed by atoms with E-state index in [2.05, 4.69) is 25.7 Å². The van der Waals surface area contributed by atoms with Gasteiger partial charge in [0, 0.05) is 19.0 Å². The molecule has 1 aliphatic heterocycles. The maximum absolute atomic E-state index is 11.9. The first-order chi connectivity index (χ1) is 7.65. The molecule has 1 rings (SSSR count). The normalized spacial score (nSPS) is 20.8. The van der Waals surface area contributed by atoms with E-state index >= 15 is 0 Å². The highest BCUT2D eigenvalue weighted by Gasteiger charge is 2.21. The van der Waals surface area contributed by atoms with E-state index in [0.29, 0.717) is 12.3 Å². The summed E-state index contributed by atoms with van der Waals surface area (Å²) in [5, 5.41) is 3.39. The Hall–Kier alpha value is -0.830. The van der Waals surface area contributed by atoms with E-state index in [9.17, 15) is 4.79 Å². The number of hydrogen-bond acceptors (Lipinski definition) is 2. The zero-order valence-corrected chi connectivity index (χ0v) is 10.5. The quantitative estimate of drug-likeness (QED) is 0.722. The van der Waals surface area contributed by atoms with Crippen LogP contribution in [0.1, 0.15) is 33.1 Å². The molecule has 1 saturated heterocycles. The molecule has 1 unspecified atom stereocenters. The molecule has 0 aliphatic carbocycles. The van der Waals surface area contributed by atoms with E-state index in [-0.39, 0.29) is 11.9 Å². The molecule has 0 radical (unpaired) electrons. The fraction of sp³-hybridized carbons (Fsp3) is 0.769. The van der Waals surface area contributed by atoms with Crippen molar-refractivity contribution in [2.75, 3.05) is 19.6 Å². The first-order valence-electron chi connectivity index (χ1n) is 6.26. The van der Waals surface area contributed by atoms with Crippen molar-refractivity contribution in [1.29, 1.82) is 0 Å². The number of rotatable bonds is 5. The van der Waals surface area contributed by atoms with E-state index in [0.717, 1.165) is 19.6 Å². The maximum atomic E-state index is 11.9. The second kappa shape index (κ2) is 6.69. The Morgan fingerprint density at radius 1 is 1.62 bits per heavy atom. The number of carbonyl (C=O) groups excluding carboxylic acids is 1. The monoisotopic (exact) mass is 224 g/mol. The molecule has 0 saturated carbocycles. The molecule has 0 bridgehead atoms. The molecule has 0 aromatic carbocycles. The van der Waals surface area contributed by atoms with E-state index < -0.39 is 0 Å². The smallest absolute Gasteiger partial charge is 0.226 e. The van der Waals surface area contributed by atoms with Crippen molar-refractivity contribution in [3.05, 3.63) is 12.7 Å². The maximum Gasteiger partial charge on any atom is 0.226 e. The first kappa shape index (κ1) is 13.2. The van der Waals surface area contributed by atoms with Crippen molar-refractivity contribution in [3.63, 3.8) is 0 Å². The van der Waals surface area contributed by atoms with E-state index in [4.69, 9.17) is 0 Å². The molecular formula is C13H24N2O. The van der Waals surface area contributed by atoms with Crippen LogP contribution in [0.25, 0.3) is 0 Å². The van der Waals surface area contributed by atoms with Gasteiger partial charge in [-0.3, -0.25) is 4.79 Å². The van der Waals surface area contributed by atoms with Crippen LogP contribution in [0.3, 0.4) is 0 Å². The number of carbonyl (C=O) groups is 1. The summed E-state index contributed by atoms with van der Waals surface area (Å²) in [5.41, 5.74) is 0. The van der Waals surface area contributed by atoms with Gasteiger partial charge >= 0.3 is 0 Å². The molecule has 0 aromatic heterocycles. The van der Waals surface area contributed by atoms with Crippen molar-refractivity contribution in [3.8, 4) is 0 Å². The van der Waals surface area contributed by atoms with Crippen LogP contribution in [0, 0.1) is 5.92 Å². The largest absolute Gasteiger partial charge is 0.340 e. The van der Waals surface area contributed by atoms with Gasteiger partial charge in [0.1, 0.15) is 0 Å². The van der Waals surface area contributed by atoms with Crippen molar-refractivity contribution in [2.45, 2.75) is 39.2 Å². The molecule has 0 aromatic rings. The molecule has 1 amide bonds. The van der Waals surface area contributed by atoms with Gasteiger partial charge in [0.15, 0.2) is 0 Å². The summed E-state index contributed by atoms with van der Waals surface area (Å²) < 4.78 is 0. The average Bonchev–Trinajstić information content (AvgIpc) is 2.27. The van der Waals surface area contributed by atoms with Gasteiger partial charge in [-0.25, -0.2) is 0 Å².